The van der Waals surface area contributed by atoms with Crippen LogP contribution in [0.25, 0.3) is 10.9 Å². The lowest BCUT2D eigenvalue weighted by Crippen LogP contribution is -2.46. The van der Waals surface area contributed by atoms with E-state index in [1.54, 1.807) is 0 Å². The van der Waals surface area contributed by atoms with Gasteiger partial charge in [-0.05, 0) is 56.9 Å². The van der Waals surface area contributed by atoms with Gasteiger partial charge in [-0.2, -0.15) is 0 Å². The van der Waals surface area contributed by atoms with E-state index in [4.69, 9.17) is 0 Å². The summed E-state index contributed by atoms with van der Waals surface area (Å²) in [7, 11) is 0. The van der Waals surface area contributed by atoms with Gasteiger partial charge in [-0.3, -0.25) is 9.59 Å². The Hall–Kier alpha value is -2.30. The Kier molecular flexibility index (Phi) is 4.70. The van der Waals surface area contributed by atoms with Crippen LogP contribution in [0.1, 0.15) is 50.6 Å². The van der Waals surface area contributed by atoms with Crippen LogP contribution in [0.2, 0.25) is 0 Å². The van der Waals surface area contributed by atoms with Gasteiger partial charge < -0.3 is 15.2 Å². The number of likely N-dealkylation sites (tertiary alicyclic amines) is 1. The lowest BCUT2D eigenvalue weighted by atomic mass is 9.88. The third kappa shape index (κ3) is 3.35. The van der Waals surface area contributed by atoms with E-state index in [1.165, 1.54) is 6.42 Å². The number of aryl methyl sites for hydroxylation is 1. The molecular weight excluding hydrogens is 326 g/mol. The molecule has 0 bridgehead atoms. The van der Waals surface area contributed by atoms with Crippen molar-refractivity contribution in [2.45, 2.75) is 57.9 Å². The van der Waals surface area contributed by atoms with Crippen LogP contribution in [0.4, 0.5) is 5.69 Å². The zero-order chi connectivity index (χ0) is 18.1. The first-order chi connectivity index (χ1) is 12.6. The molecule has 2 amide bonds. The molecule has 5 nitrogen and oxygen atoms in total. The topological polar surface area (TPSA) is 65.2 Å². The monoisotopic (exact) mass is 353 g/mol. The number of amides is 2. The molecule has 1 aromatic heterocycles. The Morgan fingerprint density at radius 1 is 1.08 bits per heavy atom. The van der Waals surface area contributed by atoms with Gasteiger partial charge in [0.05, 0.1) is 0 Å². The smallest absolute Gasteiger partial charge is 0.247 e. The normalized spacial score (nSPS) is 21.3. The predicted octanol–water partition coefficient (Wildman–Crippen LogP) is 3.99. The number of benzene rings is 1. The van der Waals surface area contributed by atoms with E-state index >= 15 is 0 Å². The summed E-state index contributed by atoms with van der Waals surface area (Å²) in [4.78, 5) is 30.9. The molecule has 1 aromatic carbocycles. The largest absolute Gasteiger partial charge is 0.359 e. The second kappa shape index (κ2) is 7.14. The molecule has 4 rings (SSSR count). The molecule has 2 aliphatic rings. The number of rotatable bonds is 3. The van der Waals surface area contributed by atoms with Crippen LogP contribution in [-0.2, 0) is 9.59 Å². The van der Waals surface area contributed by atoms with Crippen molar-refractivity contribution in [2.24, 2.45) is 5.92 Å². The van der Waals surface area contributed by atoms with E-state index in [1.807, 2.05) is 30.0 Å². The summed E-state index contributed by atoms with van der Waals surface area (Å²) in [5, 5.41) is 4.11. The molecule has 1 atom stereocenters. The number of nitrogens with zero attached hydrogens (tertiary/aromatic N) is 1. The summed E-state index contributed by atoms with van der Waals surface area (Å²) >= 11 is 0. The van der Waals surface area contributed by atoms with Crippen LogP contribution in [0, 0.1) is 12.8 Å². The maximum absolute atomic E-state index is 12.9. The molecule has 0 unspecified atom stereocenters. The van der Waals surface area contributed by atoms with Gasteiger partial charge in [0.15, 0.2) is 0 Å². The minimum absolute atomic E-state index is 0.0572. The molecule has 2 N–H and O–H groups in total. The molecule has 2 fully saturated rings. The van der Waals surface area contributed by atoms with Crippen molar-refractivity contribution < 1.29 is 9.59 Å². The quantitative estimate of drug-likeness (QED) is 0.876. The van der Waals surface area contributed by atoms with Gasteiger partial charge in [-0.1, -0.05) is 19.3 Å². The second-order valence-corrected chi connectivity index (χ2v) is 7.77. The van der Waals surface area contributed by atoms with Gasteiger partial charge in [-0.25, -0.2) is 0 Å². The number of H-pyrrole nitrogens is 1. The first-order valence-electron chi connectivity index (χ1n) is 9.82. The zero-order valence-electron chi connectivity index (χ0n) is 15.4. The van der Waals surface area contributed by atoms with Gasteiger partial charge in [0, 0.05) is 34.7 Å². The zero-order valence-corrected chi connectivity index (χ0v) is 15.4. The third-order valence-corrected chi connectivity index (χ3v) is 5.82. The fourth-order valence-electron chi connectivity index (χ4n) is 4.47. The highest BCUT2D eigenvalue weighted by Gasteiger charge is 2.37. The number of fused-ring (bicyclic) bond motifs is 1. The highest BCUT2D eigenvalue weighted by atomic mass is 16.2. The Morgan fingerprint density at radius 3 is 2.69 bits per heavy atom. The van der Waals surface area contributed by atoms with Crippen LogP contribution in [0.3, 0.4) is 0 Å². The van der Waals surface area contributed by atoms with Crippen molar-refractivity contribution >= 4 is 28.4 Å². The minimum atomic E-state index is -0.326. The molecule has 26 heavy (non-hydrogen) atoms. The Balaban J connectivity index is 1.46. The molecule has 2 aromatic rings. The first-order valence-corrected chi connectivity index (χ1v) is 9.82. The molecular formula is C21H27N3O2. The van der Waals surface area contributed by atoms with Crippen molar-refractivity contribution in [1.29, 1.82) is 0 Å². The van der Waals surface area contributed by atoms with Gasteiger partial charge in [0.2, 0.25) is 11.8 Å². The molecule has 1 saturated carbocycles. The van der Waals surface area contributed by atoms with E-state index in [0.717, 1.165) is 60.8 Å². The molecule has 1 saturated heterocycles. The highest BCUT2D eigenvalue weighted by Crippen LogP contribution is 2.29. The molecule has 2 heterocycles. The van der Waals surface area contributed by atoms with Crippen molar-refractivity contribution in [3.8, 4) is 0 Å². The Labute approximate surface area is 154 Å². The van der Waals surface area contributed by atoms with E-state index in [0.29, 0.717) is 6.54 Å². The van der Waals surface area contributed by atoms with Gasteiger partial charge in [0.1, 0.15) is 6.04 Å². The summed E-state index contributed by atoms with van der Waals surface area (Å²) in [5.41, 5.74) is 2.96. The van der Waals surface area contributed by atoms with Crippen LogP contribution < -0.4 is 5.32 Å². The maximum Gasteiger partial charge on any atom is 0.247 e. The van der Waals surface area contributed by atoms with Crippen LogP contribution in [0.5, 0.6) is 0 Å². The number of nitrogens with one attached hydrogen (secondary N) is 2. The molecule has 1 aliphatic heterocycles. The van der Waals surface area contributed by atoms with Crippen LogP contribution in [0.15, 0.2) is 24.3 Å². The van der Waals surface area contributed by atoms with Crippen molar-refractivity contribution in [1.82, 2.24) is 9.88 Å². The fourth-order valence-corrected chi connectivity index (χ4v) is 4.47. The number of carbonyl (C=O) groups is 2. The standard InChI is InChI=1S/C21H27N3O2/c1-14-12-16-13-17(9-10-18(16)22-14)23-20(25)19-8-5-11-24(19)21(26)15-6-3-2-4-7-15/h9-10,12-13,15,19,22H,2-8,11H2,1H3,(H,23,25)/t19-/m1/s1. The van der Waals surface area contributed by atoms with Crippen LogP contribution in [-0.4, -0.2) is 34.3 Å². The van der Waals surface area contributed by atoms with Crippen molar-refractivity contribution in [3.63, 3.8) is 0 Å². The summed E-state index contributed by atoms with van der Waals surface area (Å²) in [5.74, 6) is 0.258. The summed E-state index contributed by atoms with van der Waals surface area (Å²) < 4.78 is 0. The summed E-state index contributed by atoms with van der Waals surface area (Å²) in [6.45, 7) is 2.73. The Morgan fingerprint density at radius 2 is 1.88 bits per heavy atom. The van der Waals surface area contributed by atoms with Crippen LogP contribution >= 0.6 is 0 Å². The van der Waals surface area contributed by atoms with Gasteiger partial charge >= 0.3 is 0 Å². The summed E-state index contributed by atoms with van der Waals surface area (Å²) in [6, 6.07) is 7.63. The first kappa shape index (κ1) is 17.1. The molecule has 0 spiro atoms. The van der Waals surface area contributed by atoms with E-state index in [9.17, 15) is 9.59 Å². The average molecular weight is 353 g/mol. The second-order valence-electron chi connectivity index (χ2n) is 7.77. The fraction of sp³-hybridized carbons (Fsp3) is 0.524. The molecule has 0 radical (unpaired) electrons. The summed E-state index contributed by atoms with van der Waals surface area (Å²) in [6.07, 6.45) is 7.13. The van der Waals surface area contributed by atoms with E-state index in [2.05, 4.69) is 16.4 Å². The number of anilines is 1. The lowest BCUT2D eigenvalue weighted by Gasteiger charge is -2.30. The van der Waals surface area contributed by atoms with E-state index in [-0.39, 0.29) is 23.8 Å². The number of aromatic amines is 1. The van der Waals surface area contributed by atoms with Crippen molar-refractivity contribution in [3.05, 3.63) is 30.0 Å². The molecule has 1 aliphatic carbocycles. The predicted molar refractivity (Wildman–Crippen MR) is 103 cm³/mol. The minimum Gasteiger partial charge on any atom is -0.359 e. The average Bonchev–Trinajstić information content (AvgIpc) is 3.27. The highest BCUT2D eigenvalue weighted by molar-refractivity contribution is 5.99. The Bertz CT molecular complexity index is 820. The molecule has 138 valence electrons. The third-order valence-electron chi connectivity index (χ3n) is 5.82. The van der Waals surface area contributed by atoms with Crippen molar-refractivity contribution in [2.75, 3.05) is 11.9 Å². The number of hydrogen-bond donors (Lipinski definition) is 2. The number of aromatic nitrogens is 1. The SMILES string of the molecule is Cc1cc2cc(NC(=O)[C@H]3CCCN3C(=O)C3CCCCC3)ccc2[nH]1. The number of hydrogen-bond acceptors (Lipinski definition) is 2. The maximum atomic E-state index is 12.9. The van der Waals surface area contributed by atoms with Gasteiger partial charge in [-0.15, -0.1) is 0 Å². The van der Waals surface area contributed by atoms with Gasteiger partial charge in [0.25, 0.3) is 0 Å². The lowest BCUT2D eigenvalue weighted by molar-refractivity contribution is -0.141. The van der Waals surface area contributed by atoms with E-state index < -0.39 is 0 Å². The number of carbonyl (C=O) groups excluding carboxylic acids is 2. The molecule has 5 heteroatoms.